The van der Waals surface area contributed by atoms with Crippen LogP contribution in [0.1, 0.15) is 0 Å². The molecule has 2 heteroatoms. The Morgan fingerprint density at radius 2 is 2.00 bits per heavy atom. The molecule has 0 aliphatic heterocycles. The fourth-order valence-corrected chi connectivity index (χ4v) is 0.920. The summed E-state index contributed by atoms with van der Waals surface area (Å²) in [5.41, 5.74) is 1.03. The van der Waals surface area contributed by atoms with Gasteiger partial charge in [0.25, 0.3) is 0 Å². The second kappa shape index (κ2) is 3.98. The lowest BCUT2D eigenvalue weighted by molar-refractivity contribution is 0.174. The molecule has 0 fully saturated rings. The lowest BCUT2D eigenvalue weighted by Gasteiger charge is -2.18. The van der Waals surface area contributed by atoms with E-state index in [1.165, 1.54) is 0 Å². The first-order valence-corrected chi connectivity index (χ1v) is 3.54. The van der Waals surface area contributed by atoms with Gasteiger partial charge in [-0.2, -0.15) is 0 Å². The van der Waals surface area contributed by atoms with Crippen LogP contribution in [0.25, 0.3) is 0 Å². The van der Waals surface area contributed by atoms with Crippen molar-refractivity contribution >= 4 is 5.69 Å². The highest BCUT2D eigenvalue weighted by Gasteiger charge is 1.98. The Balaban J connectivity index is 2.74. The van der Waals surface area contributed by atoms with Gasteiger partial charge in [-0.1, -0.05) is 18.2 Å². The van der Waals surface area contributed by atoms with Gasteiger partial charge in [0.05, 0.1) is 12.8 Å². The van der Waals surface area contributed by atoms with Gasteiger partial charge in [0.1, 0.15) is 0 Å². The molecule has 0 heterocycles. The van der Waals surface area contributed by atoms with E-state index in [-0.39, 0.29) is 0 Å². The van der Waals surface area contributed by atoms with E-state index < -0.39 is 0 Å². The number of hydrogen-bond acceptors (Lipinski definition) is 2. The van der Waals surface area contributed by atoms with Crippen LogP contribution < -0.4 is 5.06 Å². The molecule has 11 heavy (non-hydrogen) atoms. The summed E-state index contributed by atoms with van der Waals surface area (Å²) in [6.07, 6.45) is 0. The second-order valence-electron chi connectivity index (χ2n) is 2.12. The largest absolute Gasteiger partial charge is 0.277 e. The molecule has 1 rings (SSSR count). The highest BCUT2D eigenvalue weighted by atomic mass is 16.7. The Morgan fingerprint density at radius 3 is 2.45 bits per heavy atom. The van der Waals surface area contributed by atoms with Crippen LogP contribution >= 0.6 is 0 Å². The molecule has 1 radical (unpaired) electrons. The number of benzene rings is 1. The maximum atomic E-state index is 5.06. The van der Waals surface area contributed by atoms with Gasteiger partial charge in [-0.15, -0.1) is 0 Å². The number of para-hydroxylation sites is 1. The van der Waals surface area contributed by atoms with Gasteiger partial charge in [0.15, 0.2) is 0 Å². The first-order chi connectivity index (χ1) is 5.38. The third-order valence-electron chi connectivity index (χ3n) is 1.47. The van der Waals surface area contributed by atoms with Crippen molar-refractivity contribution in [2.24, 2.45) is 0 Å². The van der Waals surface area contributed by atoms with Crippen molar-refractivity contribution in [1.82, 2.24) is 0 Å². The van der Waals surface area contributed by atoms with Crippen LogP contribution in [0.5, 0.6) is 0 Å². The monoisotopic (exact) mass is 150 g/mol. The Kier molecular flexibility index (Phi) is 2.93. The molecule has 0 atom stereocenters. The summed E-state index contributed by atoms with van der Waals surface area (Å²) in [6.45, 7) is 4.35. The third-order valence-corrected chi connectivity index (χ3v) is 1.47. The molecule has 0 bridgehead atoms. The minimum atomic E-state index is 0.612. The first-order valence-electron chi connectivity index (χ1n) is 3.54. The number of hydrogen-bond donors (Lipinski definition) is 0. The minimum absolute atomic E-state index is 0.612. The van der Waals surface area contributed by atoms with Gasteiger partial charge < -0.3 is 0 Å². The van der Waals surface area contributed by atoms with Gasteiger partial charge in [0.2, 0.25) is 0 Å². The van der Waals surface area contributed by atoms with E-state index in [0.29, 0.717) is 6.54 Å². The van der Waals surface area contributed by atoms with E-state index >= 15 is 0 Å². The molecular formula is C9H12NO. The van der Waals surface area contributed by atoms with Crippen LogP contribution in [0.4, 0.5) is 5.69 Å². The van der Waals surface area contributed by atoms with Crippen molar-refractivity contribution in [3.8, 4) is 0 Å². The van der Waals surface area contributed by atoms with Crippen molar-refractivity contribution in [2.45, 2.75) is 0 Å². The zero-order chi connectivity index (χ0) is 8.10. The van der Waals surface area contributed by atoms with Crippen molar-refractivity contribution in [2.75, 3.05) is 18.7 Å². The van der Waals surface area contributed by atoms with E-state index in [1.54, 1.807) is 12.2 Å². The molecule has 2 nitrogen and oxygen atoms in total. The Morgan fingerprint density at radius 1 is 1.36 bits per heavy atom. The fraction of sp³-hybridized carbons (Fsp3) is 0.222. The van der Waals surface area contributed by atoms with Crippen molar-refractivity contribution < 1.29 is 4.84 Å². The number of rotatable bonds is 3. The van der Waals surface area contributed by atoms with Gasteiger partial charge in [-0.05, 0) is 19.1 Å². The SMILES string of the molecule is [CH2]CN(OC)c1ccccc1. The molecule has 0 saturated carbocycles. The molecule has 1 aromatic rings. The Hall–Kier alpha value is -1.02. The summed E-state index contributed by atoms with van der Waals surface area (Å²) < 4.78 is 0. The van der Waals surface area contributed by atoms with E-state index in [0.717, 1.165) is 5.69 Å². The van der Waals surface area contributed by atoms with Crippen LogP contribution in [0, 0.1) is 6.92 Å². The highest BCUT2D eigenvalue weighted by Crippen LogP contribution is 2.11. The van der Waals surface area contributed by atoms with E-state index in [2.05, 4.69) is 6.92 Å². The standard InChI is InChI=1S/C9H12NO/c1-3-10(11-2)9-7-5-4-6-8-9/h4-8H,1,3H2,2H3. The number of anilines is 1. The highest BCUT2D eigenvalue weighted by molar-refractivity contribution is 5.43. The lowest BCUT2D eigenvalue weighted by Crippen LogP contribution is -2.20. The fourth-order valence-electron chi connectivity index (χ4n) is 0.920. The van der Waals surface area contributed by atoms with Crippen molar-refractivity contribution in [3.63, 3.8) is 0 Å². The number of hydroxylamine groups is 1. The molecule has 0 saturated heterocycles. The molecule has 0 N–H and O–H groups in total. The molecule has 0 spiro atoms. The normalized spacial score (nSPS) is 9.64. The first kappa shape index (κ1) is 8.08. The molecule has 0 amide bonds. The topological polar surface area (TPSA) is 12.5 Å². The lowest BCUT2D eigenvalue weighted by atomic mass is 10.3. The Bertz CT molecular complexity index is 194. The minimum Gasteiger partial charge on any atom is -0.277 e. The van der Waals surface area contributed by atoms with Gasteiger partial charge in [-0.25, -0.2) is 0 Å². The van der Waals surface area contributed by atoms with Crippen LogP contribution in [0.15, 0.2) is 30.3 Å². The molecule has 0 aliphatic carbocycles. The molecule has 0 unspecified atom stereocenters. The molecule has 1 aromatic carbocycles. The average molecular weight is 150 g/mol. The maximum Gasteiger partial charge on any atom is 0.0639 e. The third kappa shape index (κ3) is 1.95. The van der Waals surface area contributed by atoms with Crippen molar-refractivity contribution in [3.05, 3.63) is 37.3 Å². The zero-order valence-corrected chi connectivity index (χ0v) is 6.66. The van der Waals surface area contributed by atoms with Gasteiger partial charge >= 0.3 is 0 Å². The van der Waals surface area contributed by atoms with Crippen LogP contribution in [-0.2, 0) is 4.84 Å². The summed E-state index contributed by atoms with van der Waals surface area (Å²) >= 11 is 0. The maximum absolute atomic E-state index is 5.06. The summed E-state index contributed by atoms with van der Waals surface area (Å²) in [4.78, 5) is 5.06. The molecule has 0 aliphatic rings. The molecular weight excluding hydrogens is 138 g/mol. The average Bonchev–Trinajstić information content (AvgIpc) is 2.09. The van der Waals surface area contributed by atoms with Gasteiger partial charge in [-0.3, -0.25) is 9.90 Å². The summed E-state index contributed by atoms with van der Waals surface area (Å²) in [6, 6.07) is 9.87. The predicted molar refractivity (Wildman–Crippen MR) is 46.2 cm³/mol. The van der Waals surface area contributed by atoms with E-state index in [9.17, 15) is 0 Å². The summed E-state index contributed by atoms with van der Waals surface area (Å²) in [5.74, 6) is 0. The molecule has 0 aromatic heterocycles. The zero-order valence-electron chi connectivity index (χ0n) is 6.66. The molecule has 59 valence electrons. The van der Waals surface area contributed by atoms with E-state index in [1.807, 2.05) is 30.3 Å². The van der Waals surface area contributed by atoms with Crippen LogP contribution in [-0.4, -0.2) is 13.7 Å². The van der Waals surface area contributed by atoms with E-state index in [4.69, 9.17) is 4.84 Å². The van der Waals surface area contributed by atoms with Crippen molar-refractivity contribution in [1.29, 1.82) is 0 Å². The summed E-state index contributed by atoms with van der Waals surface area (Å²) in [7, 11) is 1.64. The quantitative estimate of drug-likeness (QED) is 0.610. The summed E-state index contributed by atoms with van der Waals surface area (Å²) in [5, 5.41) is 1.72. The smallest absolute Gasteiger partial charge is 0.0639 e. The second-order valence-corrected chi connectivity index (χ2v) is 2.12. The predicted octanol–water partition coefficient (Wildman–Crippen LogP) is 1.89. The van der Waals surface area contributed by atoms with Gasteiger partial charge in [0, 0.05) is 6.54 Å². The Labute approximate surface area is 67.4 Å². The van der Waals surface area contributed by atoms with Crippen LogP contribution in [0.3, 0.4) is 0 Å². The number of nitrogens with zero attached hydrogens (tertiary/aromatic N) is 1. The van der Waals surface area contributed by atoms with Crippen LogP contribution in [0.2, 0.25) is 0 Å².